The van der Waals surface area contributed by atoms with E-state index in [0.717, 1.165) is 11.8 Å². The summed E-state index contributed by atoms with van der Waals surface area (Å²) in [5.74, 6) is 0.318. The van der Waals surface area contributed by atoms with Crippen LogP contribution in [0.1, 0.15) is 5.76 Å². The van der Waals surface area contributed by atoms with Gasteiger partial charge in [0, 0.05) is 12.6 Å². The topological polar surface area (TPSA) is 102 Å². The molecule has 0 spiro atoms. The number of imide groups is 1. The minimum absolute atomic E-state index is 0.0104. The first-order valence-corrected chi connectivity index (χ1v) is 8.89. The Kier molecular flexibility index (Phi) is 5.87. The summed E-state index contributed by atoms with van der Waals surface area (Å²) in [6.07, 6.45) is 1.50. The molecular weight excluding hydrogens is 373 g/mol. The number of amides is 3. The zero-order valence-corrected chi connectivity index (χ0v) is 15.1. The number of benzene rings is 1. The lowest BCUT2D eigenvalue weighted by Crippen LogP contribution is -2.39. The lowest BCUT2D eigenvalue weighted by molar-refractivity contribution is -0.117. The Balaban J connectivity index is 1.50. The summed E-state index contributed by atoms with van der Waals surface area (Å²) < 4.78 is 19.8. The molecular formula is C17H16FN5O3S. The zero-order chi connectivity index (χ0) is 19.2. The highest BCUT2D eigenvalue weighted by Gasteiger charge is 2.14. The van der Waals surface area contributed by atoms with E-state index in [-0.39, 0.29) is 18.1 Å². The molecule has 0 unspecified atom stereocenters. The highest BCUT2D eigenvalue weighted by molar-refractivity contribution is 7.99. The monoisotopic (exact) mass is 389 g/mol. The van der Waals surface area contributed by atoms with Crippen molar-refractivity contribution in [2.75, 3.05) is 5.75 Å². The Morgan fingerprint density at radius 1 is 1.22 bits per heavy atom. The van der Waals surface area contributed by atoms with E-state index in [4.69, 9.17) is 4.42 Å². The molecule has 2 heterocycles. The lowest BCUT2D eigenvalue weighted by Gasteiger charge is -2.06. The Bertz CT molecular complexity index is 925. The quantitative estimate of drug-likeness (QED) is 0.628. The van der Waals surface area contributed by atoms with Crippen molar-refractivity contribution in [2.24, 2.45) is 7.05 Å². The van der Waals surface area contributed by atoms with Gasteiger partial charge in [0.2, 0.25) is 5.91 Å². The van der Waals surface area contributed by atoms with Crippen LogP contribution in [0.2, 0.25) is 0 Å². The molecule has 10 heteroatoms. The highest BCUT2D eigenvalue weighted by atomic mass is 32.2. The average Bonchev–Trinajstić information content (AvgIpc) is 3.29. The first-order chi connectivity index (χ1) is 13.0. The SMILES string of the molecule is Cn1c(SCC(=O)NC(=O)NCc2ccco2)nnc1-c1ccc(F)cc1. The van der Waals surface area contributed by atoms with Gasteiger partial charge in [0.15, 0.2) is 11.0 Å². The maximum absolute atomic E-state index is 13.0. The smallest absolute Gasteiger partial charge is 0.321 e. The number of hydrogen-bond donors (Lipinski definition) is 2. The van der Waals surface area contributed by atoms with Crippen molar-refractivity contribution < 1.29 is 18.4 Å². The van der Waals surface area contributed by atoms with E-state index in [0.29, 0.717) is 22.3 Å². The molecule has 0 saturated heterocycles. The summed E-state index contributed by atoms with van der Waals surface area (Å²) in [6.45, 7) is 0.184. The molecule has 2 N–H and O–H groups in total. The number of rotatable bonds is 6. The Morgan fingerprint density at radius 3 is 2.70 bits per heavy atom. The van der Waals surface area contributed by atoms with Crippen molar-refractivity contribution >= 4 is 23.7 Å². The molecule has 3 rings (SSSR count). The molecule has 0 atom stereocenters. The molecule has 27 heavy (non-hydrogen) atoms. The van der Waals surface area contributed by atoms with E-state index in [2.05, 4.69) is 20.8 Å². The van der Waals surface area contributed by atoms with Crippen LogP contribution in [0.25, 0.3) is 11.4 Å². The number of halogens is 1. The highest BCUT2D eigenvalue weighted by Crippen LogP contribution is 2.22. The maximum atomic E-state index is 13.0. The molecule has 0 aliphatic rings. The Labute approximate surface area is 158 Å². The van der Waals surface area contributed by atoms with Gasteiger partial charge in [-0.3, -0.25) is 10.1 Å². The first-order valence-electron chi connectivity index (χ1n) is 7.91. The molecule has 8 nitrogen and oxygen atoms in total. The van der Waals surface area contributed by atoms with Gasteiger partial charge >= 0.3 is 6.03 Å². The van der Waals surface area contributed by atoms with Crippen LogP contribution in [0.5, 0.6) is 0 Å². The van der Waals surface area contributed by atoms with E-state index < -0.39 is 11.9 Å². The normalized spacial score (nSPS) is 10.6. The van der Waals surface area contributed by atoms with Gasteiger partial charge in [-0.25, -0.2) is 9.18 Å². The fourth-order valence-electron chi connectivity index (χ4n) is 2.21. The summed E-state index contributed by atoms with van der Waals surface area (Å²) in [5, 5.41) is 13.3. The molecule has 3 aromatic rings. The number of aromatic nitrogens is 3. The van der Waals surface area contributed by atoms with Crippen LogP contribution in [-0.4, -0.2) is 32.5 Å². The number of thioether (sulfide) groups is 1. The number of furan rings is 1. The van der Waals surface area contributed by atoms with Gasteiger partial charge in [0.1, 0.15) is 11.6 Å². The van der Waals surface area contributed by atoms with Crippen molar-refractivity contribution in [3.63, 3.8) is 0 Å². The lowest BCUT2D eigenvalue weighted by atomic mass is 10.2. The van der Waals surface area contributed by atoms with Crippen molar-refractivity contribution in [3.8, 4) is 11.4 Å². The van der Waals surface area contributed by atoms with Crippen LogP contribution < -0.4 is 10.6 Å². The molecule has 0 bridgehead atoms. The summed E-state index contributed by atoms with van der Waals surface area (Å²) in [7, 11) is 1.75. The summed E-state index contributed by atoms with van der Waals surface area (Å²) >= 11 is 1.14. The summed E-state index contributed by atoms with van der Waals surface area (Å²) in [5.41, 5.74) is 0.708. The second kappa shape index (κ2) is 8.49. The molecule has 2 aromatic heterocycles. The van der Waals surface area contributed by atoms with E-state index in [1.165, 1.54) is 18.4 Å². The molecule has 3 amide bonds. The van der Waals surface area contributed by atoms with Gasteiger partial charge in [-0.2, -0.15) is 0 Å². The third-order valence-electron chi connectivity index (χ3n) is 3.53. The number of carbonyl (C=O) groups excluding carboxylic acids is 2. The van der Waals surface area contributed by atoms with Gasteiger partial charge in [-0.15, -0.1) is 10.2 Å². The molecule has 1 aromatic carbocycles. The van der Waals surface area contributed by atoms with Crippen molar-refractivity contribution in [2.45, 2.75) is 11.7 Å². The van der Waals surface area contributed by atoms with E-state index >= 15 is 0 Å². The first kappa shape index (κ1) is 18.6. The number of nitrogens with zero attached hydrogens (tertiary/aromatic N) is 3. The zero-order valence-electron chi connectivity index (χ0n) is 14.3. The van der Waals surface area contributed by atoms with Gasteiger partial charge in [0.25, 0.3) is 0 Å². The third-order valence-corrected chi connectivity index (χ3v) is 4.55. The Hall–Kier alpha value is -3.14. The van der Waals surface area contributed by atoms with E-state index in [9.17, 15) is 14.0 Å². The molecule has 0 saturated carbocycles. The standard InChI is InChI=1S/C17H16FN5O3S/c1-23-15(11-4-6-12(18)7-5-11)21-22-17(23)27-10-14(24)20-16(25)19-9-13-3-2-8-26-13/h2-8H,9-10H2,1H3,(H2,19,20,24,25). The van der Waals surface area contributed by atoms with Gasteiger partial charge in [-0.1, -0.05) is 11.8 Å². The number of hydrogen-bond acceptors (Lipinski definition) is 6. The number of carbonyl (C=O) groups is 2. The van der Waals surface area contributed by atoms with Crippen LogP contribution in [0.15, 0.2) is 52.2 Å². The van der Waals surface area contributed by atoms with Crippen LogP contribution in [0, 0.1) is 5.82 Å². The second-order valence-corrected chi connectivity index (χ2v) is 6.41. The second-order valence-electron chi connectivity index (χ2n) is 5.47. The fraction of sp³-hybridized carbons (Fsp3) is 0.176. The minimum Gasteiger partial charge on any atom is -0.467 e. The number of urea groups is 1. The van der Waals surface area contributed by atoms with Crippen LogP contribution >= 0.6 is 11.8 Å². The molecule has 0 aliphatic heterocycles. The van der Waals surface area contributed by atoms with Gasteiger partial charge in [-0.05, 0) is 36.4 Å². The molecule has 140 valence electrons. The van der Waals surface area contributed by atoms with Crippen molar-refractivity contribution in [1.29, 1.82) is 0 Å². The fourth-order valence-corrected chi connectivity index (χ4v) is 2.92. The minimum atomic E-state index is -0.609. The largest absolute Gasteiger partial charge is 0.467 e. The van der Waals surface area contributed by atoms with Crippen LogP contribution in [-0.2, 0) is 18.4 Å². The van der Waals surface area contributed by atoms with Crippen LogP contribution in [0.3, 0.4) is 0 Å². The molecule has 0 radical (unpaired) electrons. The molecule has 0 aliphatic carbocycles. The van der Waals surface area contributed by atoms with Crippen molar-refractivity contribution in [1.82, 2.24) is 25.4 Å². The van der Waals surface area contributed by atoms with Gasteiger partial charge < -0.3 is 14.3 Å². The third kappa shape index (κ3) is 4.94. The van der Waals surface area contributed by atoms with E-state index in [1.807, 2.05) is 0 Å². The maximum Gasteiger partial charge on any atom is 0.321 e. The van der Waals surface area contributed by atoms with Crippen molar-refractivity contribution in [3.05, 3.63) is 54.2 Å². The predicted octanol–water partition coefficient (Wildman–Crippen LogP) is 2.33. The van der Waals surface area contributed by atoms with Gasteiger partial charge in [0.05, 0.1) is 18.6 Å². The Morgan fingerprint density at radius 2 is 2.00 bits per heavy atom. The predicted molar refractivity (Wildman–Crippen MR) is 96.2 cm³/mol. The summed E-state index contributed by atoms with van der Waals surface area (Å²) in [4.78, 5) is 23.6. The van der Waals surface area contributed by atoms with E-state index in [1.54, 1.807) is 35.9 Å². The summed E-state index contributed by atoms with van der Waals surface area (Å²) in [6, 6.07) is 8.69. The van der Waals surface area contributed by atoms with Crippen LogP contribution in [0.4, 0.5) is 9.18 Å². The molecule has 0 fully saturated rings. The number of nitrogens with one attached hydrogen (secondary N) is 2. The average molecular weight is 389 g/mol.